The van der Waals surface area contributed by atoms with Gasteiger partial charge in [-0.05, 0) is 46.4 Å². The summed E-state index contributed by atoms with van der Waals surface area (Å²) in [4.78, 5) is 26.7. The summed E-state index contributed by atoms with van der Waals surface area (Å²) in [5.41, 5.74) is 1.54. The van der Waals surface area contributed by atoms with Gasteiger partial charge in [0.05, 0.1) is 19.1 Å². The van der Waals surface area contributed by atoms with E-state index in [1.54, 1.807) is 48.5 Å². The Bertz CT molecular complexity index is 1480. The Morgan fingerprint density at radius 2 is 1.49 bits per heavy atom. The van der Waals surface area contributed by atoms with Crippen LogP contribution in [0.4, 0.5) is 13.2 Å². The molecule has 1 aliphatic heterocycles. The van der Waals surface area contributed by atoms with Gasteiger partial charge in [-0.15, -0.1) is 0 Å². The standard InChI is InChI=1S/C33H28F3NO4/c34-33(35,36)32-27(19-30(39)37-28(22-41-31(37)20-38)16-23-10-4-1-5-11-23)17-26(25-14-8-3-9-15-25)18-29(32)40-21-24-12-6-2-7-13-24/h1-15,17-18,20,28,31H,16,19,21-22H2. The van der Waals surface area contributed by atoms with Gasteiger partial charge in [0, 0.05) is 0 Å². The third-order valence-electron chi connectivity index (χ3n) is 7.00. The van der Waals surface area contributed by atoms with Crippen LogP contribution in [0.5, 0.6) is 5.75 Å². The maximum absolute atomic E-state index is 14.6. The summed E-state index contributed by atoms with van der Waals surface area (Å²) in [6.07, 6.45) is -5.65. The molecule has 4 aromatic carbocycles. The Morgan fingerprint density at radius 3 is 2.10 bits per heavy atom. The van der Waals surface area contributed by atoms with Crippen molar-refractivity contribution in [2.45, 2.75) is 37.9 Å². The fourth-order valence-electron chi connectivity index (χ4n) is 5.11. The molecule has 2 unspecified atom stereocenters. The molecule has 0 saturated carbocycles. The highest BCUT2D eigenvalue weighted by molar-refractivity contribution is 5.83. The smallest absolute Gasteiger partial charge is 0.420 e. The first-order chi connectivity index (χ1) is 19.8. The first kappa shape index (κ1) is 28.1. The monoisotopic (exact) mass is 559 g/mol. The van der Waals surface area contributed by atoms with Crippen LogP contribution in [0.2, 0.25) is 0 Å². The predicted octanol–water partition coefficient (Wildman–Crippen LogP) is 6.49. The average Bonchev–Trinajstić information content (AvgIpc) is 3.39. The molecule has 1 amide bonds. The van der Waals surface area contributed by atoms with Gasteiger partial charge in [0.1, 0.15) is 17.9 Å². The molecule has 0 aromatic heterocycles. The molecule has 4 aromatic rings. The van der Waals surface area contributed by atoms with Crippen LogP contribution in [0, 0.1) is 0 Å². The van der Waals surface area contributed by atoms with Crippen molar-refractivity contribution in [1.29, 1.82) is 0 Å². The minimum atomic E-state index is -4.80. The van der Waals surface area contributed by atoms with Gasteiger partial charge in [0.15, 0.2) is 12.5 Å². The highest BCUT2D eigenvalue weighted by Gasteiger charge is 2.41. The number of ether oxygens (including phenoxy) is 2. The summed E-state index contributed by atoms with van der Waals surface area (Å²) in [5, 5.41) is 0. The van der Waals surface area contributed by atoms with E-state index in [9.17, 15) is 22.8 Å². The van der Waals surface area contributed by atoms with Gasteiger partial charge >= 0.3 is 6.18 Å². The second kappa shape index (κ2) is 12.4. The van der Waals surface area contributed by atoms with Crippen LogP contribution in [0.25, 0.3) is 11.1 Å². The van der Waals surface area contributed by atoms with Crippen molar-refractivity contribution in [3.05, 3.63) is 125 Å². The highest BCUT2D eigenvalue weighted by Crippen LogP contribution is 2.42. The Balaban J connectivity index is 1.52. The molecule has 1 saturated heterocycles. The molecule has 0 aliphatic carbocycles. The van der Waals surface area contributed by atoms with E-state index in [2.05, 4.69) is 0 Å². The van der Waals surface area contributed by atoms with Crippen LogP contribution >= 0.6 is 0 Å². The topological polar surface area (TPSA) is 55.8 Å². The predicted molar refractivity (Wildman–Crippen MR) is 148 cm³/mol. The van der Waals surface area contributed by atoms with Gasteiger partial charge < -0.3 is 14.4 Å². The van der Waals surface area contributed by atoms with E-state index in [0.717, 1.165) is 5.56 Å². The van der Waals surface area contributed by atoms with Crippen molar-refractivity contribution in [3.63, 3.8) is 0 Å². The molecule has 5 rings (SSSR count). The summed E-state index contributed by atoms with van der Waals surface area (Å²) >= 11 is 0. The number of alkyl halides is 3. The molecule has 210 valence electrons. The Labute approximate surface area is 236 Å². The average molecular weight is 560 g/mol. The lowest BCUT2D eigenvalue weighted by Gasteiger charge is -2.27. The van der Waals surface area contributed by atoms with Crippen molar-refractivity contribution in [2.75, 3.05) is 6.61 Å². The highest BCUT2D eigenvalue weighted by atomic mass is 19.4. The van der Waals surface area contributed by atoms with E-state index in [-0.39, 0.29) is 24.5 Å². The Morgan fingerprint density at radius 1 is 0.878 bits per heavy atom. The van der Waals surface area contributed by atoms with Crippen molar-refractivity contribution in [2.24, 2.45) is 0 Å². The molecular formula is C33H28F3NO4. The van der Waals surface area contributed by atoms with E-state index in [1.807, 2.05) is 42.5 Å². The summed E-state index contributed by atoms with van der Waals surface area (Å²) in [7, 11) is 0. The first-order valence-electron chi connectivity index (χ1n) is 13.2. The largest absolute Gasteiger partial charge is 0.488 e. The number of hydrogen-bond acceptors (Lipinski definition) is 4. The minimum absolute atomic E-state index is 0.0815. The number of carbonyl (C=O) groups is 2. The van der Waals surface area contributed by atoms with Gasteiger partial charge in [-0.25, -0.2) is 0 Å². The number of halogens is 3. The van der Waals surface area contributed by atoms with E-state index in [0.29, 0.717) is 29.4 Å². The number of rotatable bonds is 9. The molecular weight excluding hydrogens is 531 g/mol. The lowest BCUT2D eigenvalue weighted by molar-refractivity contribution is -0.143. The molecule has 1 heterocycles. The molecule has 0 bridgehead atoms. The zero-order valence-electron chi connectivity index (χ0n) is 22.1. The molecule has 0 radical (unpaired) electrons. The van der Waals surface area contributed by atoms with Crippen molar-refractivity contribution in [3.8, 4) is 16.9 Å². The molecule has 0 N–H and O–H groups in total. The van der Waals surface area contributed by atoms with Crippen LogP contribution in [-0.4, -0.2) is 36.0 Å². The maximum Gasteiger partial charge on any atom is 0.420 e. The lowest BCUT2D eigenvalue weighted by atomic mass is 9.95. The summed E-state index contributed by atoms with van der Waals surface area (Å²) < 4.78 is 55.2. The van der Waals surface area contributed by atoms with Crippen LogP contribution < -0.4 is 4.74 Å². The zero-order chi connectivity index (χ0) is 28.8. The minimum Gasteiger partial charge on any atom is -0.488 e. The van der Waals surface area contributed by atoms with Crippen molar-refractivity contribution >= 4 is 12.2 Å². The number of nitrogens with zero attached hydrogens (tertiary/aromatic N) is 1. The van der Waals surface area contributed by atoms with E-state index < -0.39 is 36.3 Å². The lowest BCUT2D eigenvalue weighted by Crippen LogP contribution is -2.44. The van der Waals surface area contributed by atoms with E-state index in [1.165, 1.54) is 17.0 Å². The van der Waals surface area contributed by atoms with Gasteiger partial charge in [-0.1, -0.05) is 91.0 Å². The fourth-order valence-corrected chi connectivity index (χ4v) is 5.11. The molecule has 0 spiro atoms. The second-order valence-corrected chi connectivity index (χ2v) is 9.83. The van der Waals surface area contributed by atoms with Gasteiger partial charge in [0.25, 0.3) is 0 Å². The van der Waals surface area contributed by atoms with Crippen LogP contribution in [-0.2, 0) is 40.0 Å². The normalized spacial score (nSPS) is 16.9. The molecule has 8 heteroatoms. The first-order valence-corrected chi connectivity index (χ1v) is 13.2. The molecule has 5 nitrogen and oxygen atoms in total. The van der Waals surface area contributed by atoms with E-state index >= 15 is 0 Å². The van der Waals surface area contributed by atoms with Crippen LogP contribution in [0.15, 0.2) is 103 Å². The van der Waals surface area contributed by atoms with Crippen LogP contribution in [0.3, 0.4) is 0 Å². The molecule has 1 fully saturated rings. The third-order valence-corrected chi connectivity index (χ3v) is 7.00. The summed E-state index contributed by atoms with van der Waals surface area (Å²) in [6.45, 7) is 0.0214. The van der Waals surface area contributed by atoms with Gasteiger partial charge in [0.2, 0.25) is 5.91 Å². The number of aldehydes is 1. The number of amides is 1. The molecule has 2 atom stereocenters. The third kappa shape index (κ3) is 6.66. The Hall–Kier alpha value is -4.43. The summed E-state index contributed by atoms with van der Waals surface area (Å²) in [6, 6.07) is 29.4. The fraction of sp³-hybridized carbons (Fsp3) is 0.212. The maximum atomic E-state index is 14.6. The Kier molecular flexibility index (Phi) is 8.50. The van der Waals surface area contributed by atoms with E-state index in [4.69, 9.17) is 9.47 Å². The molecule has 1 aliphatic rings. The second-order valence-electron chi connectivity index (χ2n) is 9.83. The van der Waals surface area contributed by atoms with Crippen molar-refractivity contribution in [1.82, 2.24) is 4.90 Å². The number of carbonyl (C=O) groups excluding carboxylic acids is 2. The summed E-state index contributed by atoms with van der Waals surface area (Å²) in [5.74, 6) is -0.999. The van der Waals surface area contributed by atoms with Gasteiger partial charge in [-0.2, -0.15) is 13.2 Å². The SMILES string of the molecule is O=CC1OCC(Cc2ccccc2)N1C(=O)Cc1cc(-c2ccccc2)cc(OCc2ccccc2)c1C(F)(F)F. The number of benzene rings is 4. The zero-order valence-corrected chi connectivity index (χ0v) is 22.1. The molecule has 41 heavy (non-hydrogen) atoms. The van der Waals surface area contributed by atoms with Crippen LogP contribution in [0.1, 0.15) is 22.3 Å². The quantitative estimate of drug-likeness (QED) is 0.220. The van der Waals surface area contributed by atoms with Crippen molar-refractivity contribution < 1.29 is 32.2 Å². The van der Waals surface area contributed by atoms with Gasteiger partial charge in [-0.3, -0.25) is 9.59 Å². The number of hydrogen-bond donors (Lipinski definition) is 0.